The van der Waals surface area contributed by atoms with Gasteiger partial charge in [-0.3, -0.25) is 0 Å². The van der Waals surface area contributed by atoms with Gasteiger partial charge >= 0.3 is 7.12 Å². The maximum absolute atomic E-state index is 6.39. The molecule has 5 heteroatoms. The van der Waals surface area contributed by atoms with Gasteiger partial charge in [0, 0.05) is 4.90 Å². The summed E-state index contributed by atoms with van der Waals surface area (Å²) in [6.07, 6.45) is 2.02. The van der Waals surface area contributed by atoms with Crippen LogP contribution >= 0.6 is 23.4 Å². The molecular weight excluding hydrogens is 278 g/mol. The molecular formula is C14H20BClO2S. The van der Waals surface area contributed by atoms with E-state index in [9.17, 15) is 0 Å². The Morgan fingerprint density at radius 1 is 1.11 bits per heavy atom. The zero-order chi connectivity index (χ0) is 14.4. The number of hydrogen-bond acceptors (Lipinski definition) is 3. The first-order valence-electron chi connectivity index (χ1n) is 6.38. The fraction of sp³-hybridized carbons (Fsp3) is 0.571. The topological polar surface area (TPSA) is 18.5 Å². The van der Waals surface area contributed by atoms with Gasteiger partial charge in [0.25, 0.3) is 0 Å². The molecule has 1 heterocycles. The molecule has 19 heavy (non-hydrogen) atoms. The van der Waals surface area contributed by atoms with Gasteiger partial charge in [-0.15, -0.1) is 11.8 Å². The summed E-state index contributed by atoms with van der Waals surface area (Å²) in [5.41, 5.74) is 1.43. The number of thioether (sulfide) groups is 1. The van der Waals surface area contributed by atoms with Gasteiger partial charge in [-0.05, 0) is 51.9 Å². The lowest BCUT2D eigenvalue weighted by molar-refractivity contribution is 0.00578. The molecule has 1 fully saturated rings. The second-order valence-electron chi connectivity index (χ2n) is 5.91. The van der Waals surface area contributed by atoms with Gasteiger partial charge in [0.15, 0.2) is 0 Å². The van der Waals surface area contributed by atoms with Crippen molar-refractivity contribution in [2.75, 3.05) is 6.26 Å². The molecule has 0 radical (unpaired) electrons. The Balaban J connectivity index is 2.43. The number of benzene rings is 1. The first-order chi connectivity index (χ1) is 8.69. The monoisotopic (exact) mass is 298 g/mol. The van der Waals surface area contributed by atoms with E-state index >= 15 is 0 Å². The molecule has 1 aliphatic rings. The van der Waals surface area contributed by atoms with Crippen LogP contribution < -0.4 is 5.46 Å². The Kier molecular flexibility index (Phi) is 4.00. The molecule has 1 aliphatic heterocycles. The molecule has 0 spiro atoms. The van der Waals surface area contributed by atoms with Crippen molar-refractivity contribution in [2.24, 2.45) is 0 Å². The first-order valence-corrected chi connectivity index (χ1v) is 7.98. The maximum atomic E-state index is 6.39. The largest absolute Gasteiger partial charge is 0.496 e. The lowest BCUT2D eigenvalue weighted by Gasteiger charge is -2.32. The van der Waals surface area contributed by atoms with E-state index < -0.39 is 0 Å². The second-order valence-corrected chi connectivity index (χ2v) is 7.10. The maximum Gasteiger partial charge on any atom is 0.496 e. The van der Waals surface area contributed by atoms with E-state index in [1.54, 1.807) is 11.8 Å². The lowest BCUT2D eigenvalue weighted by atomic mass is 9.78. The quantitative estimate of drug-likeness (QED) is 0.613. The molecule has 0 aromatic heterocycles. The van der Waals surface area contributed by atoms with Crippen molar-refractivity contribution in [1.29, 1.82) is 0 Å². The average Bonchev–Trinajstić information content (AvgIpc) is 2.51. The van der Waals surface area contributed by atoms with Gasteiger partial charge in [-0.1, -0.05) is 23.7 Å². The van der Waals surface area contributed by atoms with Crippen LogP contribution in [0.5, 0.6) is 0 Å². The fourth-order valence-corrected chi connectivity index (χ4v) is 3.18. The Labute approximate surface area is 125 Å². The van der Waals surface area contributed by atoms with Gasteiger partial charge in [-0.25, -0.2) is 0 Å². The highest BCUT2D eigenvalue weighted by atomic mass is 35.5. The average molecular weight is 299 g/mol. The van der Waals surface area contributed by atoms with Crippen LogP contribution in [0.3, 0.4) is 0 Å². The Hall–Kier alpha value is -0.155. The Morgan fingerprint density at radius 2 is 1.63 bits per heavy atom. The first kappa shape index (κ1) is 15.2. The van der Waals surface area contributed by atoms with Crippen LogP contribution in [-0.4, -0.2) is 24.6 Å². The molecule has 104 valence electrons. The number of rotatable bonds is 2. The Morgan fingerprint density at radius 3 is 2.11 bits per heavy atom. The van der Waals surface area contributed by atoms with Crippen molar-refractivity contribution in [1.82, 2.24) is 0 Å². The van der Waals surface area contributed by atoms with Crippen molar-refractivity contribution in [3.05, 3.63) is 22.7 Å². The van der Waals surface area contributed by atoms with Crippen LogP contribution in [-0.2, 0) is 9.31 Å². The summed E-state index contributed by atoms with van der Waals surface area (Å²) in [6.45, 7) is 10.2. The van der Waals surface area contributed by atoms with Crippen LogP contribution in [0, 0.1) is 6.92 Å². The van der Waals surface area contributed by atoms with Crippen molar-refractivity contribution < 1.29 is 9.31 Å². The van der Waals surface area contributed by atoms with Crippen molar-refractivity contribution in [2.45, 2.75) is 50.7 Å². The smallest absolute Gasteiger partial charge is 0.399 e. The summed E-state index contributed by atoms with van der Waals surface area (Å²) in [7, 11) is -0.356. The molecule has 0 unspecified atom stereocenters. The van der Waals surface area contributed by atoms with Crippen LogP contribution in [0.4, 0.5) is 0 Å². The summed E-state index contributed by atoms with van der Waals surface area (Å²) >= 11 is 8.02. The number of hydrogen-bond donors (Lipinski definition) is 0. The van der Waals surface area contributed by atoms with E-state index in [0.717, 1.165) is 20.9 Å². The molecule has 2 rings (SSSR count). The van der Waals surface area contributed by atoms with E-state index in [-0.39, 0.29) is 18.3 Å². The van der Waals surface area contributed by atoms with Crippen LogP contribution in [0.2, 0.25) is 5.02 Å². The second kappa shape index (κ2) is 4.99. The molecule has 0 atom stereocenters. The van der Waals surface area contributed by atoms with Crippen LogP contribution in [0.1, 0.15) is 33.3 Å². The minimum atomic E-state index is -0.356. The SMILES string of the molecule is CSc1c(B2OC(C)(C)C(C)(C)O2)ccc(C)c1Cl. The summed E-state index contributed by atoms with van der Waals surface area (Å²) in [5.74, 6) is 0. The third-order valence-corrected chi connectivity index (χ3v) is 5.48. The normalized spacial score (nSPS) is 20.9. The van der Waals surface area contributed by atoms with E-state index in [4.69, 9.17) is 20.9 Å². The third kappa shape index (κ3) is 2.56. The van der Waals surface area contributed by atoms with Gasteiger partial charge in [0.05, 0.1) is 16.2 Å². The molecule has 2 nitrogen and oxygen atoms in total. The van der Waals surface area contributed by atoms with E-state index in [1.807, 2.05) is 19.2 Å². The highest BCUT2D eigenvalue weighted by Gasteiger charge is 2.52. The molecule has 0 amide bonds. The van der Waals surface area contributed by atoms with Crippen molar-refractivity contribution in [3.8, 4) is 0 Å². The van der Waals surface area contributed by atoms with E-state index in [2.05, 4.69) is 33.8 Å². The predicted octanol–water partition coefficient (Wildman–Crippen LogP) is 3.67. The highest BCUT2D eigenvalue weighted by molar-refractivity contribution is 7.99. The summed E-state index contributed by atoms with van der Waals surface area (Å²) in [6, 6.07) is 4.07. The van der Waals surface area contributed by atoms with E-state index in [1.165, 1.54) is 0 Å². The summed E-state index contributed by atoms with van der Waals surface area (Å²) in [4.78, 5) is 1.04. The van der Waals surface area contributed by atoms with Crippen molar-refractivity contribution >= 4 is 35.9 Å². The summed E-state index contributed by atoms with van der Waals surface area (Å²) < 4.78 is 12.2. The van der Waals surface area contributed by atoms with Crippen molar-refractivity contribution in [3.63, 3.8) is 0 Å². The van der Waals surface area contributed by atoms with Gasteiger partial charge in [0.1, 0.15) is 0 Å². The van der Waals surface area contributed by atoms with Gasteiger partial charge in [0.2, 0.25) is 0 Å². The molecule has 0 N–H and O–H groups in total. The number of halogens is 1. The van der Waals surface area contributed by atoms with Gasteiger partial charge < -0.3 is 9.31 Å². The zero-order valence-electron chi connectivity index (χ0n) is 12.3. The minimum Gasteiger partial charge on any atom is -0.399 e. The minimum absolute atomic E-state index is 0.329. The lowest BCUT2D eigenvalue weighted by Crippen LogP contribution is -2.41. The standard InChI is InChI=1S/C14H20BClO2S/c1-9-7-8-10(12(19-6)11(9)16)15-17-13(2,3)14(4,5)18-15/h7-8H,1-6H3. The molecule has 1 aromatic carbocycles. The molecule has 1 aromatic rings. The highest BCUT2D eigenvalue weighted by Crippen LogP contribution is 2.38. The van der Waals surface area contributed by atoms with Crippen LogP contribution in [0.15, 0.2) is 17.0 Å². The van der Waals surface area contributed by atoms with E-state index in [0.29, 0.717) is 0 Å². The fourth-order valence-electron chi connectivity index (χ4n) is 2.03. The molecule has 0 bridgehead atoms. The number of aryl methyl sites for hydroxylation is 1. The predicted molar refractivity (Wildman–Crippen MR) is 83.7 cm³/mol. The summed E-state index contributed by atoms with van der Waals surface area (Å²) in [5, 5.41) is 0.791. The zero-order valence-corrected chi connectivity index (χ0v) is 13.9. The Bertz CT molecular complexity index is 486. The molecule has 0 saturated carbocycles. The molecule has 1 saturated heterocycles. The molecule has 0 aliphatic carbocycles. The van der Waals surface area contributed by atoms with Crippen LogP contribution in [0.25, 0.3) is 0 Å². The third-order valence-electron chi connectivity index (χ3n) is 4.03. The van der Waals surface area contributed by atoms with Gasteiger partial charge in [-0.2, -0.15) is 0 Å².